The van der Waals surface area contributed by atoms with Gasteiger partial charge in [0, 0.05) is 51.6 Å². The summed E-state index contributed by atoms with van der Waals surface area (Å²) in [6.45, 7) is 7.13. The first-order chi connectivity index (χ1) is 14.2. The average molecular weight is 402 g/mol. The van der Waals surface area contributed by atoms with Gasteiger partial charge in [0.15, 0.2) is 0 Å². The van der Waals surface area contributed by atoms with Gasteiger partial charge in [0.1, 0.15) is 12.2 Å². The number of nitrogens with zero attached hydrogens (tertiary/aromatic N) is 5. The summed E-state index contributed by atoms with van der Waals surface area (Å²) in [7, 11) is 0. The van der Waals surface area contributed by atoms with E-state index in [1.165, 1.54) is 44.9 Å². The number of rotatable bonds is 6. The maximum atomic E-state index is 13.1. The van der Waals surface area contributed by atoms with Crippen LogP contribution in [0.5, 0.6) is 0 Å². The molecule has 29 heavy (non-hydrogen) atoms. The van der Waals surface area contributed by atoms with E-state index in [0.717, 1.165) is 64.2 Å². The largest absolute Gasteiger partial charge is 0.379 e. The molecule has 2 aliphatic heterocycles. The van der Waals surface area contributed by atoms with Gasteiger partial charge >= 0.3 is 0 Å². The fraction of sp³-hybridized carbons (Fsp3) is 0.864. The van der Waals surface area contributed by atoms with Crippen molar-refractivity contribution in [1.29, 1.82) is 0 Å². The fourth-order valence-corrected chi connectivity index (χ4v) is 5.77. The molecule has 3 heterocycles. The van der Waals surface area contributed by atoms with E-state index in [1.54, 1.807) is 0 Å². The summed E-state index contributed by atoms with van der Waals surface area (Å²) in [6, 6.07) is 0. The van der Waals surface area contributed by atoms with Crippen molar-refractivity contribution < 1.29 is 9.53 Å². The number of carbonyl (C=O) groups excluding carboxylic acids is 1. The van der Waals surface area contributed by atoms with Crippen LogP contribution >= 0.6 is 0 Å². The molecule has 5 rings (SSSR count). The maximum Gasteiger partial charge on any atom is 0.223 e. The van der Waals surface area contributed by atoms with Crippen LogP contribution < -0.4 is 0 Å². The van der Waals surface area contributed by atoms with Crippen LogP contribution in [0.4, 0.5) is 0 Å². The first-order valence-corrected chi connectivity index (χ1v) is 11.7. The van der Waals surface area contributed by atoms with E-state index in [1.807, 2.05) is 6.33 Å². The predicted molar refractivity (Wildman–Crippen MR) is 109 cm³/mol. The zero-order valence-electron chi connectivity index (χ0n) is 17.6. The Morgan fingerprint density at radius 2 is 1.97 bits per heavy atom. The number of hydrogen-bond donors (Lipinski definition) is 0. The highest BCUT2D eigenvalue weighted by Crippen LogP contribution is 2.52. The van der Waals surface area contributed by atoms with E-state index in [0.29, 0.717) is 18.2 Å². The molecule has 1 atom stereocenters. The number of hydrogen-bond acceptors (Lipinski definition) is 5. The number of aromatic nitrogens is 3. The van der Waals surface area contributed by atoms with Gasteiger partial charge in [0.2, 0.25) is 5.91 Å². The average Bonchev–Trinajstić information content (AvgIpc) is 3.34. The summed E-state index contributed by atoms with van der Waals surface area (Å²) in [4.78, 5) is 17.6. The summed E-state index contributed by atoms with van der Waals surface area (Å²) < 4.78 is 7.73. The molecule has 1 aromatic heterocycles. The molecule has 160 valence electrons. The van der Waals surface area contributed by atoms with E-state index in [2.05, 4.69) is 24.6 Å². The lowest BCUT2D eigenvalue weighted by Crippen LogP contribution is -2.40. The van der Waals surface area contributed by atoms with Crippen molar-refractivity contribution in [2.75, 3.05) is 45.9 Å². The van der Waals surface area contributed by atoms with Crippen LogP contribution in [0.25, 0.3) is 0 Å². The second-order valence-electron chi connectivity index (χ2n) is 9.74. The lowest BCUT2D eigenvalue weighted by atomic mass is 9.67. The van der Waals surface area contributed by atoms with Crippen LogP contribution in [0, 0.1) is 11.3 Å². The standard InChI is InChI=1S/C22H35N5O2/c28-20(6-9-25-10-12-29-13-11-25)26-15-19(22(16-26)7-2-1-3-8-22)21-24-23-17-27(21)14-18-4-5-18/h17-19H,1-16H2. The van der Waals surface area contributed by atoms with Crippen LogP contribution in [-0.2, 0) is 16.1 Å². The second kappa shape index (κ2) is 8.34. The quantitative estimate of drug-likeness (QED) is 0.732. The van der Waals surface area contributed by atoms with Gasteiger partial charge in [0.05, 0.1) is 13.2 Å². The monoisotopic (exact) mass is 401 g/mol. The van der Waals surface area contributed by atoms with Crippen molar-refractivity contribution in [3.05, 3.63) is 12.2 Å². The third-order valence-corrected chi connectivity index (χ3v) is 7.70. The summed E-state index contributed by atoms with van der Waals surface area (Å²) in [5.41, 5.74) is 0.210. The molecule has 4 aliphatic rings. The van der Waals surface area contributed by atoms with Crippen LogP contribution in [-0.4, -0.2) is 76.4 Å². The molecule has 1 aromatic rings. The van der Waals surface area contributed by atoms with E-state index in [-0.39, 0.29) is 5.41 Å². The Morgan fingerprint density at radius 3 is 2.72 bits per heavy atom. The molecular formula is C22H35N5O2. The van der Waals surface area contributed by atoms with Crippen molar-refractivity contribution in [2.45, 2.75) is 63.8 Å². The van der Waals surface area contributed by atoms with Gasteiger partial charge in [0.25, 0.3) is 0 Å². The molecule has 0 aromatic carbocycles. The van der Waals surface area contributed by atoms with Gasteiger partial charge in [-0.2, -0.15) is 0 Å². The Balaban J connectivity index is 1.29. The number of carbonyl (C=O) groups is 1. The highest BCUT2D eigenvalue weighted by molar-refractivity contribution is 5.77. The molecule has 0 radical (unpaired) electrons. The van der Waals surface area contributed by atoms with Crippen LogP contribution in [0.15, 0.2) is 6.33 Å². The Labute approximate surface area is 173 Å². The van der Waals surface area contributed by atoms with E-state index in [9.17, 15) is 4.79 Å². The highest BCUT2D eigenvalue weighted by Gasteiger charge is 2.50. The Bertz CT molecular complexity index is 704. The van der Waals surface area contributed by atoms with Crippen molar-refractivity contribution >= 4 is 5.91 Å². The molecule has 1 amide bonds. The Hall–Kier alpha value is -1.47. The minimum atomic E-state index is 0.210. The van der Waals surface area contributed by atoms with Crippen molar-refractivity contribution in [3.8, 4) is 0 Å². The fourth-order valence-electron chi connectivity index (χ4n) is 5.77. The minimum Gasteiger partial charge on any atom is -0.379 e. The van der Waals surface area contributed by atoms with Crippen molar-refractivity contribution in [3.63, 3.8) is 0 Å². The van der Waals surface area contributed by atoms with E-state index in [4.69, 9.17) is 4.74 Å². The molecular weight excluding hydrogens is 366 g/mol. The van der Waals surface area contributed by atoms with E-state index >= 15 is 0 Å². The Kier molecular flexibility index (Phi) is 5.61. The summed E-state index contributed by atoms with van der Waals surface area (Å²) in [6.07, 6.45) is 11.5. The van der Waals surface area contributed by atoms with Crippen LogP contribution in [0.3, 0.4) is 0 Å². The van der Waals surface area contributed by atoms with Gasteiger partial charge in [-0.25, -0.2) is 0 Å². The van der Waals surface area contributed by atoms with Gasteiger partial charge in [-0.15, -0.1) is 10.2 Å². The molecule has 1 unspecified atom stereocenters. The molecule has 0 N–H and O–H groups in total. The molecule has 7 heteroatoms. The topological polar surface area (TPSA) is 63.5 Å². The molecule has 2 saturated carbocycles. The number of amides is 1. The number of ether oxygens (including phenoxy) is 1. The summed E-state index contributed by atoms with van der Waals surface area (Å²) in [5.74, 6) is 2.61. The lowest BCUT2D eigenvalue weighted by Gasteiger charge is -2.37. The summed E-state index contributed by atoms with van der Waals surface area (Å²) in [5, 5.41) is 8.88. The number of morpholine rings is 1. The molecule has 0 bridgehead atoms. The highest BCUT2D eigenvalue weighted by atomic mass is 16.5. The van der Waals surface area contributed by atoms with Gasteiger partial charge in [-0.1, -0.05) is 19.3 Å². The smallest absolute Gasteiger partial charge is 0.223 e. The lowest BCUT2D eigenvalue weighted by molar-refractivity contribution is -0.131. The number of likely N-dealkylation sites (tertiary alicyclic amines) is 1. The van der Waals surface area contributed by atoms with Gasteiger partial charge in [-0.3, -0.25) is 9.69 Å². The molecule has 7 nitrogen and oxygen atoms in total. The van der Waals surface area contributed by atoms with Crippen molar-refractivity contribution in [2.24, 2.45) is 11.3 Å². The van der Waals surface area contributed by atoms with Crippen LogP contribution in [0.1, 0.15) is 63.1 Å². The first kappa shape index (κ1) is 19.5. The minimum absolute atomic E-state index is 0.210. The molecule has 1 spiro atoms. The van der Waals surface area contributed by atoms with Gasteiger partial charge < -0.3 is 14.2 Å². The van der Waals surface area contributed by atoms with E-state index < -0.39 is 0 Å². The van der Waals surface area contributed by atoms with Crippen LogP contribution in [0.2, 0.25) is 0 Å². The predicted octanol–water partition coefficient (Wildman–Crippen LogP) is 2.29. The molecule has 2 aliphatic carbocycles. The summed E-state index contributed by atoms with van der Waals surface area (Å²) >= 11 is 0. The van der Waals surface area contributed by atoms with Gasteiger partial charge in [-0.05, 0) is 37.0 Å². The third kappa shape index (κ3) is 4.22. The third-order valence-electron chi connectivity index (χ3n) is 7.70. The van der Waals surface area contributed by atoms with Crippen molar-refractivity contribution in [1.82, 2.24) is 24.6 Å². The maximum absolute atomic E-state index is 13.1. The zero-order valence-corrected chi connectivity index (χ0v) is 17.6. The molecule has 4 fully saturated rings. The second-order valence-corrected chi connectivity index (χ2v) is 9.74. The zero-order chi connectivity index (χ0) is 19.7. The molecule has 2 saturated heterocycles. The Morgan fingerprint density at radius 1 is 1.17 bits per heavy atom. The SMILES string of the molecule is O=C(CCN1CCOCC1)N1CC(c2nncn2CC2CC2)C2(CCCCC2)C1. The first-order valence-electron chi connectivity index (χ1n) is 11.7. The normalized spacial score (nSPS) is 27.6.